The number of nitrogens with zero attached hydrogens (tertiary/aromatic N) is 2. The molecule has 2 heterocycles. The highest BCUT2D eigenvalue weighted by Gasteiger charge is 2.55. The van der Waals surface area contributed by atoms with Gasteiger partial charge in [0, 0.05) is 10.9 Å². The van der Waals surface area contributed by atoms with Crippen LogP contribution in [0, 0.1) is 5.82 Å². The zero-order valence-corrected chi connectivity index (χ0v) is 13.6. The van der Waals surface area contributed by atoms with Gasteiger partial charge in [-0.25, -0.2) is 19.1 Å². The van der Waals surface area contributed by atoms with E-state index in [9.17, 15) is 14.0 Å². The molecular formula is C17H15FN2O3S. The minimum absolute atomic E-state index is 0.108. The Bertz CT molecular complexity index is 796. The maximum atomic E-state index is 13.0. The Morgan fingerprint density at radius 1 is 1.21 bits per heavy atom. The monoisotopic (exact) mass is 346 g/mol. The van der Waals surface area contributed by atoms with Crippen LogP contribution in [0.5, 0.6) is 0 Å². The minimum atomic E-state index is -0.938. The van der Waals surface area contributed by atoms with E-state index in [0.29, 0.717) is 18.5 Å². The quantitative estimate of drug-likeness (QED) is 0.849. The van der Waals surface area contributed by atoms with Crippen molar-refractivity contribution in [2.75, 3.05) is 0 Å². The summed E-state index contributed by atoms with van der Waals surface area (Å²) in [6.07, 6.45) is 2.42. The molecule has 2 aliphatic rings. The maximum Gasteiger partial charge on any atom is 0.418 e. The van der Waals surface area contributed by atoms with Gasteiger partial charge in [0.15, 0.2) is 5.60 Å². The lowest BCUT2D eigenvalue weighted by Gasteiger charge is -2.17. The predicted molar refractivity (Wildman–Crippen MR) is 85.7 cm³/mol. The first kappa shape index (κ1) is 15.3. The molecule has 0 radical (unpaired) electrons. The van der Waals surface area contributed by atoms with Gasteiger partial charge in [-0.05, 0) is 49.9 Å². The average Bonchev–Trinajstić information content (AvgIpc) is 3.27. The van der Waals surface area contributed by atoms with Crippen LogP contribution in [0.4, 0.5) is 9.18 Å². The first-order valence-corrected chi connectivity index (χ1v) is 8.71. The number of benzene rings is 1. The molecule has 1 spiro atoms. The van der Waals surface area contributed by atoms with E-state index in [0.717, 1.165) is 28.3 Å². The SMILES string of the molecule is O=C1OC2(CCCC2)C(=O)N1Cc1csc(-c2ccc(F)cc2)n1. The molecule has 4 rings (SSSR count). The van der Waals surface area contributed by atoms with Crippen LogP contribution in [0.3, 0.4) is 0 Å². The van der Waals surface area contributed by atoms with Gasteiger partial charge in [0.05, 0.1) is 12.2 Å². The van der Waals surface area contributed by atoms with Gasteiger partial charge >= 0.3 is 6.09 Å². The highest BCUT2D eigenvalue weighted by atomic mass is 32.1. The Hall–Kier alpha value is -2.28. The molecule has 1 aliphatic heterocycles. The molecule has 0 N–H and O–H groups in total. The summed E-state index contributed by atoms with van der Waals surface area (Å²) in [4.78, 5) is 30.3. The second kappa shape index (κ2) is 5.66. The fourth-order valence-electron chi connectivity index (χ4n) is 3.26. The summed E-state index contributed by atoms with van der Waals surface area (Å²) in [6, 6.07) is 6.06. The summed E-state index contributed by atoms with van der Waals surface area (Å²) in [5, 5.41) is 2.53. The molecule has 124 valence electrons. The summed E-state index contributed by atoms with van der Waals surface area (Å²) < 4.78 is 18.4. The van der Waals surface area contributed by atoms with Crippen molar-refractivity contribution in [2.45, 2.75) is 37.8 Å². The smallest absolute Gasteiger partial charge is 0.418 e. The van der Waals surface area contributed by atoms with Crippen LogP contribution in [0.1, 0.15) is 31.4 Å². The topological polar surface area (TPSA) is 59.5 Å². The van der Waals surface area contributed by atoms with Gasteiger partial charge in [-0.15, -0.1) is 11.3 Å². The number of carbonyl (C=O) groups is 2. The van der Waals surface area contributed by atoms with Crippen molar-refractivity contribution >= 4 is 23.3 Å². The largest absolute Gasteiger partial charge is 0.432 e. The zero-order valence-electron chi connectivity index (χ0n) is 12.8. The first-order valence-electron chi connectivity index (χ1n) is 7.83. The van der Waals surface area contributed by atoms with Gasteiger partial charge in [-0.3, -0.25) is 4.79 Å². The summed E-state index contributed by atoms with van der Waals surface area (Å²) in [7, 11) is 0. The molecule has 5 nitrogen and oxygen atoms in total. The minimum Gasteiger partial charge on any atom is -0.432 e. The summed E-state index contributed by atoms with van der Waals surface area (Å²) in [5.41, 5.74) is 0.488. The van der Waals surface area contributed by atoms with Gasteiger partial charge in [-0.2, -0.15) is 0 Å². The highest BCUT2D eigenvalue weighted by Crippen LogP contribution is 2.40. The molecule has 2 aromatic rings. The second-order valence-corrected chi connectivity index (χ2v) is 6.97. The number of rotatable bonds is 3. The summed E-state index contributed by atoms with van der Waals surface area (Å²) >= 11 is 1.39. The van der Waals surface area contributed by atoms with Gasteiger partial charge < -0.3 is 4.74 Å². The lowest BCUT2D eigenvalue weighted by Crippen LogP contribution is -2.38. The van der Waals surface area contributed by atoms with Gasteiger partial charge in [-0.1, -0.05) is 0 Å². The molecule has 1 aromatic heterocycles. The van der Waals surface area contributed by atoms with E-state index >= 15 is 0 Å². The van der Waals surface area contributed by atoms with Gasteiger partial charge in [0.1, 0.15) is 10.8 Å². The number of carbonyl (C=O) groups excluding carboxylic acids is 2. The molecule has 0 bridgehead atoms. The van der Waals surface area contributed by atoms with Crippen molar-refractivity contribution in [1.82, 2.24) is 9.88 Å². The number of aromatic nitrogens is 1. The van der Waals surface area contributed by atoms with Crippen molar-refractivity contribution < 1.29 is 18.7 Å². The van der Waals surface area contributed by atoms with E-state index in [4.69, 9.17) is 4.74 Å². The third-order valence-electron chi connectivity index (χ3n) is 4.51. The number of hydrogen-bond donors (Lipinski definition) is 0. The first-order chi connectivity index (χ1) is 11.6. The van der Waals surface area contributed by atoms with E-state index in [-0.39, 0.29) is 18.3 Å². The van der Waals surface area contributed by atoms with Crippen LogP contribution in [0.2, 0.25) is 0 Å². The number of halogens is 1. The number of imide groups is 1. The van der Waals surface area contributed by atoms with E-state index in [1.165, 1.54) is 23.5 Å². The van der Waals surface area contributed by atoms with E-state index in [1.807, 2.05) is 0 Å². The Balaban J connectivity index is 1.53. The van der Waals surface area contributed by atoms with Crippen molar-refractivity contribution in [2.24, 2.45) is 0 Å². The summed E-state index contributed by atoms with van der Waals surface area (Å²) in [6.45, 7) is 0.108. The van der Waals surface area contributed by atoms with Crippen LogP contribution in [0.25, 0.3) is 10.6 Å². The van der Waals surface area contributed by atoms with Crippen molar-refractivity contribution in [3.63, 3.8) is 0 Å². The van der Waals surface area contributed by atoms with Crippen LogP contribution in [0.15, 0.2) is 29.6 Å². The Morgan fingerprint density at radius 3 is 2.62 bits per heavy atom. The Labute approximate surface area is 142 Å². The lowest BCUT2D eigenvalue weighted by atomic mass is 10.0. The average molecular weight is 346 g/mol. The molecule has 2 fully saturated rings. The zero-order chi connectivity index (χ0) is 16.7. The normalized spacial score (nSPS) is 19.3. The van der Waals surface area contributed by atoms with E-state index < -0.39 is 11.7 Å². The molecule has 0 atom stereocenters. The predicted octanol–water partition coefficient (Wildman–Crippen LogP) is 3.74. The molecule has 1 saturated carbocycles. The number of thiazole rings is 1. The number of ether oxygens (including phenoxy) is 1. The van der Waals surface area contributed by atoms with Gasteiger partial charge in [0.25, 0.3) is 5.91 Å². The fourth-order valence-corrected chi connectivity index (χ4v) is 4.08. The standard InChI is InChI=1S/C17H15FN2O3S/c18-12-5-3-11(4-6-12)14-19-13(10-24-14)9-20-15(21)17(23-16(20)22)7-1-2-8-17/h3-6,10H,1-2,7-9H2. The van der Waals surface area contributed by atoms with Gasteiger partial charge in [0.2, 0.25) is 0 Å². The van der Waals surface area contributed by atoms with Crippen LogP contribution >= 0.6 is 11.3 Å². The molecule has 7 heteroatoms. The van der Waals surface area contributed by atoms with Crippen LogP contribution in [-0.4, -0.2) is 27.5 Å². The number of amides is 2. The molecule has 24 heavy (non-hydrogen) atoms. The second-order valence-electron chi connectivity index (χ2n) is 6.11. The van der Waals surface area contributed by atoms with Crippen molar-refractivity contribution in [1.29, 1.82) is 0 Å². The maximum absolute atomic E-state index is 13.0. The van der Waals surface area contributed by atoms with Crippen molar-refractivity contribution in [3.8, 4) is 10.6 Å². The molecule has 1 saturated heterocycles. The Kier molecular flexibility index (Phi) is 3.60. The lowest BCUT2D eigenvalue weighted by molar-refractivity contribution is -0.136. The Morgan fingerprint density at radius 2 is 1.92 bits per heavy atom. The molecular weight excluding hydrogens is 331 g/mol. The van der Waals surface area contributed by atoms with Crippen LogP contribution in [-0.2, 0) is 16.1 Å². The molecule has 1 aliphatic carbocycles. The van der Waals surface area contributed by atoms with Crippen LogP contribution < -0.4 is 0 Å². The van der Waals surface area contributed by atoms with Crippen molar-refractivity contribution in [3.05, 3.63) is 41.2 Å². The molecule has 2 amide bonds. The summed E-state index contributed by atoms with van der Waals surface area (Å²) in [5.74, 6) is -0.552. The fraction of sp³-hybridized carbons (Fsp3) is 0.353. The molecule has 0 unspecified atom stereocenters. The van der Waals surface area contributed by atoms with E-state index in [2.05, 4.69) is 4.98 Å². The third kappa shape index (κ3) is 2.49. The third-order valence-corrected chi connectivity index (χ3v) is 5.45. The van der Waals surface area contributed by atoms with E-state index in [1.54, 1.807) is 17.5 Å². The molecule has 1 aromatic carbocycles. The highest BCUT2D eigenvalue weighted by molar-refractivity contribution is 7.13. The number of hydrogen-bond acceptors (Lipinski definition) is 5.